The van der Waals surface area contributed by atoms with Gasteiger partial charge in [-0.05, 0) is 30.3 Å². The molecule has 2 N–H and O–H groups in total. The molecule has 0 spiro atoms. The summed E-state index contributed by atoms with van der Waals surface area (Å²) in [5, 5.41) is 3.99. The zero-order chi connectivity index (χ0) is 16.4. The van der Waals surface area contributed by atoms with E-state index in [9.17, 15) is 14.4 Å². The van der Waals surface area contributed by atoms with Crippen LogP contribution in [0.1, 0.15) is 5.76 Å². The summed E-state index contributed by atoms with van der Waals surface area (Å²) in [6.07, 6.45) is 1.27. The predicted octanol–water partition coefficient (Wildman–Crippen LogP) is 1.70. The Balaban J connectivity index is 1.93. The van der Waals surface area contributed by atoms with E-state index in [2.05, 4.69) is 0 Å². The van der Waals surface area contributed by atoms with E-state index >= 15 is 0 Å². The minimum atomic E-state index is -0.841. The number of methoxy groups -OCH3 is 1. The van der Waals surface area contributed by atoms with E-state index in [1.54, 1.807) is 25.3 Å². The van der Waals surface area contributed by atoms with Gasteiger partial charge in [0.15, 0.2) is 0 Å². The van der Waals surface area contributed by atoms with Crippen LogP contribution in [0.5, 0.6) is 5.75 Å². The SMILES string of the molecule is COc1ccccc1-c1ccc(C=C2C(=O)NC(=O)NC2=O)o1. The third-order valence-corrected chi connectivity index (χ3v) is 3.23. The molecular weight excluding hydrogens is 300 g/mol. The van der Waals surface area contributed by atoms with Crippen molar-refractivity contribution in [3.05, 3.63) is 47.7 Å². The van der Waals surface area contributed by atoms with Crippen molar-refractivity contribution in [2.24, 2.45) is 0 Å². The van der Waals surface area contributed by atoms with E-state index < -0.39 is 17.8 Å². The lowest BCUT2D eigenvalue weighted by atomic mass is 10.1. The second-order valence-electron chi connectivity index (χ2n) is 4.70. The van der Waals surface area contributed by atoms with Crippen LogP contribution >= 0.6 is 0 Å². The van der Waals surface area contributed by atoms with Crippen LogP contribution in [0.25, 0.3) is 17.4 Å². The number of hydrogen-bond donors (Lipinski definition) is 2. The van der Waals surface area contributed by atoms with Crippen LogP contribution in [0.3, 0.4) is 0 Å². The van der Waals surface area contributed by atoms with E-state index in [1.165, 1.54) is 6.08 Å². The first-order chi connectivity index (χ1) is 11.1. The summed E-state index contributed by atoms with van der Waals surface area (Å²) in [5.74, 6) is -0.0645. The molecule has 1 aliphatic heterocycles. The van der Waals surface area contributed by atoms with Crippen molar-refractivity contribution >= 4 is 23.9 Å². The molecule has 3 rings (SSSR count). The fourth-order valence-electron chi connectivity index (χ4n) is 2.17. The van der Waals surface area contributed by atoms with Gasteiger partial charge in [-0.25, -0.2) is 4.79 Å². The first kappa shape index (κ1) is 14.6. The molecule has 1 aromatic heterocycles. The fourth-order valence-corrected chi connectivity index (χ4v) is 2.17. The largest absolute Gasteiger partial charge is 0.496 e. The van der Waals surface area contributed by atoms with Crippen molar-refractivity contribution in [1.82, 2.24) is 10.6 Å². The van der Waals surface area contributed by atoms with Crippen molar-refractivity contribution in [2.75, 3.05) is 7.11 Å². The molecule has 0 unspecified atom stereocenters. The molecular formula is C16H12N2O5. The smallest absolute Gasteiger partial charge is 0.328 e. The van der Waals surface area contributed by atoms with Gasteiger partial charge in [-0.3, -0.25) is 20.2 Å². The molecule has 0 bridgehead atoms. The number of carbonyl (C=O) groups is 3. The molecule has 23 heavy (non-hydrogen) atoms. The lowest BCUT2D eigenvalue weighted by Crippen LogP contribution is -2.51. The number of hydrogen-bond acceptors (Lipinski definition) is 5. The van der Waals surface area contributed by atoms with Gasteiger partial charge in [-0.1, -0.05) is 12.1 Å². The number of urea groups is 1. The average molecular weight is 312 g/mol. The molecule has 4 amide bonds. The monoisotopic (exact) mass is 312 g/mol. The zero-order valence-corrected chi connectivity index (χ0v) is 12.1. The van der Waals surface area contributed by atoms with E-state index in [0.29, 0.717) is 17.3 Å². The van der Waals surface area contributed by atoms with Crippen LogP contribution < -0.4 is 15.4 Å². The van der Waals surface area contributed by atoms with E-state index in [-0.39, 0.29) is 5.57 Å². The normalized spacial score (nSPS) is 14.3. The number of carbonyl (C=O) groups excluding carboxylic acids is 3. The number of imide groups is 2. The summed E-state index contributed by atoms with van der Waals surface area (Å²) in [6.45, 7) is 0. The lowest BCUT2D eigenvalue weighted by Gasteiger charge is -2.13. The summed E-state index contributed by atoms with van der Waals surface area (Å²) >= 11 is 0. The molecule has 1 saturated heterocycles. The molecule has 1 fully saturated rings. The highest BCUT2D eigenvalue weighted by molar-refractivity contribution is 6.31. The number of nitrogens with one attached hydrogen (secondary N) is 2. The zero-order valence-electron chi connectivity index (χ0n) is 12.1. The first-order valence-electron chi connectivity index (χ1n) is 6.70. The van der Waals surface area contributed by atoms with E-state index in [0.717, 1.165) is 5.56 Å². The number of furan rings is 1. The Morgan fingerprint density at radius 1 is 1.00 bits per heavy atom. The van der Waals surface area contributed by atoms with Gasteiger partial charge in [-0.2, -0.15) is 0 Å². The highest BCUT2D eigenvalue weighted by atomic mass is 16.5. The molecule has 7 nitrogen and oxygen atoms in total. The predicted molar refractivity (Wildman–Crippen MR) is 80.4 cm³/mol. The summed E-state index contributed by atoms with van der Waals surface area (Å²) in [6, 6.07) is 9.77. The minimum absolute atomic E-state index is 0.203. The summed E-state index contributed by atoms with van der Waals surface area (Å²) in [4.78, 5) is 34.4. The topological polar surface area (TPSA) is 97.6 Å². The highest BCUT2D eigenvalue weighted by Crippen LogP contribution is 2.31. The average Bonchev–Trinajstić information content (AvgIpc) is 2.99. The molecule has 0 radical (unpaired) electrons. The molecule has 0 atom stereocenters. The van der Waals surface area contributed by atoms with Crippen LogP contribution in [0.4, 0.5) is 4.79 Å². The molecule has 1 aliphatic rings. The van der Waals surface area contributed by atoms with Crippen molar-refractivity contribution in [1.29, 1.82) is 0 Å². The third kappa shape index (κ3) is 2.84. The maximum atomic E-state index is 11.7. The summed E-state index contributed by atoms with van der Waals surface area (Å²) < 4.78 is 10.9. The molecule has 0 saturated carbocycles. The number of para-hydroxylation sites is 1. The number of ether oxygens (including phenoxy) is 1. The fraction of sp³-hybridized carbons (Fsp3) is 0.0625. The van der Waals surface area contributed by atoms with Gasteiger partial charge >= 0.3 is 6.03 Å². The van der Waals surface area contributed by atoms with Gasteiger partial charge in [0.25, 0.3) is 11.8 Å². The Hall–Kier alpha value is -3.35. The Bertz CT molecular complexity index is 813. The van der Waals surface area contributed by atoms with Crippen molar-refractivity contribution < 1.29 is 23.5 Å². The van der Waals surface area contributed by atoms with Gasteiger partial charge in [0.05, 0.1) is 12.7 Å². The molecule has 7 heteroatoms. The van der Waals surface area contributed by atoms with Gasteiger partial charge in [-0.15, -0.1) is 0 Å². The minimum Gasteiger partial charge on any atom is -0.496 e. The second kappa shape index (κ2) is 5.80. The van der Waals surface area contributed by atoms with E-state index in [1.807, 2.05) is 28.8 Å². The van der Waals surface area contributed by atoms with Crippen molar-refractivity contribution in [3.63, 3.8) is 0 Å². The summed E-state index contributed by atoms with van der Waals surface area (Å²) in [7, 11) is 1.55. The number of rotatable bonds is 3. The van der Waals surface area contributed by atoms with Crippen molar-refractivity contribution in [3.8, 4) is 17.1 Å². The van der Waals surface area contributed by atoms with Crippen LogP contribution in [0.15, 0.2) is 46.4 Å². The maximum absolute atomic E-state index is 11.7. The van der Waals surface area contributed by atoms with Gasteiger partial charge in [0, 0.05) is 0 Å². The van der Waals surface area contributed by atoms with Gasteiger partial charge in [0.2, 0.25) is 0 Å². The Kier molecular flexibility index (Phi) is 3.68. The third-order valence-electron chi connectivity index (χ3n) is 3.23. The number of benzene rings is 1. The van der Waals surface area contributed by atoms with Crippen molar-refractivity contribution in [2.45, 2.75) is 0 Å². The molecule has 116 valence electrons. The standard InChI is InChI=1S/C16H12N2O5/c1-22-12-5-3-2-4-10(12)13-7-6-9(23-13)8-11-14(19)17-16(21)18-15(11)20/h2-8H,1H3,(H2,17,18,19,20,21). The van der Waals surface area contributed by atoms with E-state index in [4.69, 9.17) is 9.15 Å². The van der Waals surface area contributed by atoms with Crippen LogP contribution in [-0.4, -0.2) is 25.0 Å². The Morgan fingerprint density at radius 2 is 1.70 bits per heavy atom. The second-order valence-corrected chi connectivity index (χ2v) is 4.70. The molecule has 2 heterocycles. The number of amides is 4. The molecule has 1 aromatic carbocycles. The molecule has 0 aliphatic carbocycles. The highest BCUT2D eigenvalue weighted by Gasteiger charge is 2.28. The maximum Gasteiger partial charge on any atom is 0.328 e. The quantitative estimate of drug-likeness (QED) is 0.664. The van der Waals surface area contributed by atoms with Gasteiger partial charge < -0.3 is 9.15 Å². The summed E-state index contributed by atoms with van der Waals surface area (Å²) in [5.41, 5.74) is 0.540. The van der Waals surface area contributed by atoms with Crippen LogP contribution in [-0.2, 0) is 9.59 Å². The van der Waals surface area contributed by atoms with Crippen LogP contribution in [0, 0.1) is 0 Å². The van der Waals surface area contributed by atoms with Crippen LogP contribution in [0.2, 0.25) is 0 Å². The number of barbiturate groups is 1. The van der Waals surface area contributed by atoms with Gasteiger partial charge in [0.1, 0.15) is 22.8 Å². The Labute approximate surface area is 130 Å². The Morgan fingerprint density at radius 3 is 2.39 bits per heavy atom. The molecule has 2 aromatic rings. The lowest BCUT2D eigenvalue weighted by molar-refractivity contribution is -0.123. The first-order valence-corrected chi connectivity index (χ1v) is 6.70.